The molecule has 1 saturated carbocycles. The lowest BCUT2D eigenvalue weighted by Gasteiger charge is -2.15. The first-order valence-corrected chi connectivity index (χ1v) is 6.02. The molecule has 0 saturated heterocycles. The Kier molecular flexibility index (Phi) is 6.16. The van der Waals surface area contributed by atoms with Crippen molar-refractivity contribution in [3.63, 3.8) is 0 Å². The van der Waals surface area contributed by atoms with Crippen LogP contribution in [0.1, 0.15) is 51.4 Å². The minimum atomic E-state index is 0.331. The molecule has 4 N–H and O–H groups in total. The molecule has 0 bridgehead atoms. The van der Waals surface area contributed by atoms with Crippen molar-refractivity contribution in [1.82, 2.24) is 5.32 Å². The highest BCUT2D eigenvalue weighted by Gasteiger charge is 2.10. The van der Waals surface area contributed by atoms with Crippen LogP contribution in [0.5, 0.6) is 0 Å². The fraction of sp³-hybridized carbons (Fsp3) is 0.909. The van der Waals surface area contributed by atoms with E-state index in [-0.39, 0.29) is 0 Å². The lowest BCUT2D eigenvalue weighted by atomic mass is 10.1. The first-order chi connectivity index (χ1) is 7.33. The SMILES string of the molecule is NC(CCCNC1CCCCCC1)=NO. The van der Waals surface area contributed by atoms with Crippen LogP contribution in [0.15, 0.2) is 5.16 Å². The quantitative estimate of drug-likeness (QED) is 0.163. The van der Waals surface area contributed by atoms with Gasteiger partial charge >= 0.3 is 0 Å². The van der Waals surface area contributed by atoms with Crippen LogP contribution in [0.25, 0.3) is 0 Å². The number of nitrogens with two attached hydrogens (primary N) is 1. The highest BCUT2D eigenvalue weighted by atomic mass is 16.4. The molecule has 4 nitrogen and oxygen atoms in total. The van der Waals surface area contributed by atoms with Crippen LogP contribution in [-0.2, 0) is 0 Å². The average molecular weight is 213 g/mol. The van der Waals surface area contributed by atoms with Crippen molar-refractivity contribution in [3.8, 4) is 0 Å². The van der Waals surface area contributed by atoms with Gasteiger partial charge in [-0.2, -0.15) is 0 Å². The Bertz CT molecular complexity index is 186. The number of rotatable bonds is 5. The summed E-state index contributed by atoms with van der Waals surface area (Å²) < 4.78 is 0. The Balaban J connectivity index is 2.03. The minimum Gasteiger partial charge on any atom is -0.409 e. The van der Waals surface area contributed by atoms with Gasteiger partial charge in [0, 0.05) is 12.5 Å². The summed E-state index contributed by atoms with van der Waals surface area (Å²) in [6.45, 7) is 0.973. The second-order valence-corrected chi connectivity index (χ2v) is 4.34. The summed E-state index contributed by atoms with van der Waals surface area (Å²) in [7, 11) is 0. The molecule has 15 heavy (non-hydrogen) atoms. The van der Waals surface area contributed by atoms with Gasteiger partial charge in [0.15, 0.2) is 0 Å². The Morgan fingerprint density at radius 1 is 1.27 bits per heavy atom. The summed E-state index contributed by atoms with van der Waals surface area (Å²) in [6, 6.07) is 0.694. The summed E-state index contributed by atoms with van der Waals surface area (Å²) in [5.41, 5.74) is 5.39. The van der Waals surface area contributed by atoms with E-state index >= 15 is 0 Å². The van der Waals surface area contributed by atoms with Gasteiger partial charge in [-0.1, -0.05) is 30.8 Å². The van der Waals surface area contributed by atoms with Crippen molar-refractivity contribution in [2.45, 2.75) is 57.4 Å². The molecule has 0 unspecified atom stereocenters. The summed E-state index contributed by atoms with van der Waals surface area (Å²) in [5.74, 6) is 0.331. The third kappa shape index (κ3) is 5.62. The Morgan fingerprint density at radius 2 is 1.93 bits per heavy atom. The van der Waals surface area contributed by atoms with Crippen LogP contribution in [0.3, 0.4) is 0 Å². The van der Waals surface area contributed by atoms with E-state index < -0.39 is 0 Å². The standard InChI is InChI=1S/C11H23N3O/c12-11(14-15)8-5-9-13-10-6-3-1-2-4-7-10/h10,13,15H,1-9H2,(H2,12,14). The van der Waals surface area contributed by atoms with Gasteiger partial charge in [0.25, 0.3) is 0 Å². The lowest BCUT2D eigenvalue weighted by molar-refractivity contribution is 0.316. The topological polar surface area (TPSA) is 70.6 Å². The molecule has 0 spiro atoms. The van der Waals surface area contributed by atoms with E-state index in [0.717, 1.165) is 13.0 Å². The molecule has 1 aliphatic rings. The minimum absolute atomic E-state index is 0.331. The van der Waals surface area contributed by atoms with Gasteiger partial charge in [0.2, 0.25) is 0 Å². The average Bonchev–Trinajstić information content (AvgIpc) is 2.52. The van der Waals surface area contributed by atoms with Gasteiger partial charge < -0.3 is 16.3 Å². The summed E-state index contributed by atoms with van der Waals surface area (Å²) in [5, 5.41) is 14.9. The fourth-order valence-corrected chi connectivity index (χ4v) is 2.11. The van der Waals surface area contributed by atoms with Crippen molar-refractivity contribution >= 4 is 5.84 Å². The highest BCUT2D eigenvalue weighted by Crippen LogP contribution is 2.16. The molecule has 0 radical (unpaired) electrons. The predicted molar refractivity (Wildman–Crippen MR) is 62.1 cm³/mol. The first-order valence-electron chi connectivity index (χ1n) is 6.02. The second kappa shape index (κ2) is 7.51. The predicted octanol–water partition coefficient (Wildman–Crippen LogP) is 1.83. The molecule has 0 aromatic carbocycles. The van der Waals surface area contributed by atoms with E-state index in [1.165, 1.54) is 38.5 Å². The molecule has 0 aliphatic heterocycles. The maximum absolute atomic E-state index is 8.36. The van der Waals surface area contributed by atoms with Crippen LogP contribution in [-0.4, -0.2) is 23.6 Å². The molecule has 0 heterocycles. The molecule has 88 valence electrons. The molecule has 1 rings (SSSR count). The molecule has 0 atom stereocenters. The normalized spacial score (nSPS) is 20.1. The van der Waals surface area contributed by atoms with E-state index in [1.54, 1.807) is 0 Å². The third-order valence-corrected chi connectivity index (χ3v) is 3.03. The van der Waals surface area contributed by atoms with Crippen LogP contribution < -0.4 is 11.1 Å². The number of nitrogens with zero attached hydrogens (tertiary/aromatic N) is 1. The van der Waals surface area contributed by atoms with Gasteiger partial charge in [-0.15, -0.1) is 0 Å². The zero-order valence-corrected chi connectivity index (χ0v) is 9.41. The molecule has 0 aromatic rings. The molecule has 4 heteroatoms. The fourth-order valence-electron chi connectivity index (χ4n) is 2.11. The molecule has 1 fully saturated rings. The third-order valence-electron chi connectivity index (χ3n) is 3.03. The molecule has 0 aromatic heterocycles. The van der Waals surface area contributed by atoms with Crippen LogP contribution in [0.2, 0.25) is 0 Å². The zero-order valence-electron chi connectivity index (χ0n) is 9.41. The number of hydrogen-bond donors (Lipinski definition) is 3. The number of nitrogens with one attached hydrogen (secondary N) is 1. The van der Waals surface area contributed by atoms with Crippen molar-refractivity contribution in [2.75, 3.05) is 6.54 Å². The van der Waals surface area contributed by atoms with Gasteiger partial charge in [-0.3, -0.25) is 0 Å². The van der Waals surface area contributed by atoms with E-state index in [1.807, 2.05) is 0 Å². The molecular formula is C11H23N3O. The summed E-state index contributed by atoms with van der Waals surface area (Å²) in [4.78, 5) is 0. The van der Waals surface area contributed by atoms with Crippen molar-refractivity contribution in [2.24, 2.45) is 10.9 Å². The van der Waals surface area contributed by atoms with E-state index in [9.17, 15) is 0 Å². The smallest absolute Gasteiger partial charge is 0.139 e. The summed E-state index contributed by atoms with van der Waals surface area (Å²) >= 11 is 0. The number of oxime groups is 1. The molecule has 1 aliphatic carbocycles. The summed E-state index contributed by atoms with van der Waals surface area (Å²) in [6.07, 6.45) is 9.75. The van der Waals surface area contributed by atoms with Gasteiger partial charge in [-0.25, -0.2) is 0 Å². The van der Waals surface area contributed by atoms with Crippen LogP contribution in [0.4, 0.5) is 0 Å². The van der Waals surface area contributed by atoms with Crippen molar-refractivity contribution in [1.29, 1.82) is 0 Å². The monoisotopic (exact) mass is 213 g/mol. The van der Waals surface area contributed by atoms with E-state index in [0.29, 0.717) is 18.3 Å². The number of hydrogen-bond acceptors (Lipinski definition) is 3. The van der Waals surface area contributed by atoms with Gasteiger partial charge in [0.1, 0.15) is 5.84 Å². The van der Waals surface area contributed by atoms with E-state index in [2.05, 4.69) is 10.5 Å². The lowest BCUT2D eigenvalue weighted by Crippen LogP contribution is -2.30. The van der Waals surface area contributed by atoms with Gasteiger partial charge in [0.05, 0.1) is 0 Å². The maximum atomic E-state index is 8.36. The van der Waals surface area contributed by atoms with Crippen LogP contribution >= 0.6 is 0 Å². The molecular weight excluding hydrogens is 190 g/mol. The Hall–Kier alpha value is -0.770. The number of amidine groups is 1. The van der Waals surface area contributed by atoms with Crippen molar-refractivity contribution in [3.05, 3.63) is 0 Å². The first kappa shape index (κ1) is 12.3. The Labute approximate surface area is 91.9 Å². The second-order valence-electron chi connectivity index (χ2n) is 4.34. The highest BCUT2D eigenvalue weighted by molar-refractivity contribution is 5.79. The van der Waals surface area contributed by atoms with Crippen LogP contribution in [0, 0.1) is 0 Å². The Morgan fingerprint density at radius 3 is 2.53 bits per heavy atom. The zero-order chi connectivity index (χ0) is 10.9. The molecule has 0 amide bonds. The maximum Gasteiger partial charge on any atom is 0.139 e. The largest absolute Gasteiger partial charge is 0.409 e. The van der Waals surface area contributed by atoms with E-state index in [4.69, 9.17) is 10.9 Å². The van der Waals surface area contributed by atoms with Crippen molar-refractivity contribution < 1.29 is 5.21 Å². The van der Waals surface area contributed by atoms with Gasteiger partial charge in [-0.05, 0) is 25.8 Å².